The van der Waals surface area contributed by atoms with Crippen LogP contribution in [0.2, 0.25) is 0 Å². The van der Waals surface area contributed by atoms with Crippen LogP contribution in [-0.2, 0) is 6.54 Å². The van der Waals surface area contributed by atoms with Crippen LogP contribution in [-0.4, -0.2) is 37.2 Å². The summed E-state index contributed by atoms with van der Waals surface area (Å²) in [7, 11) is 0. The van der Waals surface area contributed by atoms with Gasteiger partial charge in [-0.1, -0.05) is 23.7 Å². The molecule has 1 unspecified atom stereocenters. The molecule has 0 bridgehead atoms. The standard InChI is InChI=1S/C15H20N4O2/c16-18-17-9-13-11-20-14-6-4-5-12(15(14)21-13)10-19-7-2-1-3-8-19/h4-6,13H,1-3,7-11H2. The molecule has 0 spiro atoms. The fraction of sp³-hybridized carbons (Fsp3) is 0.600. The fourth-order valence-electron chi connectivity index (χ4n) is 2.89. The fourth-order valence-corrected chi connectivity index (χ4v) is 2.89. The first kappa shape index (κ1) is 14.0. The molecule has 1 fully saturated rings. The van der Waals surface area contributed by atoms with Crippen LogP contribution in [0.3, 0.4) is 0 Å². The third-order valence-electron chi connectivity index (χ3n) is 3.96. The van der Waals surface area contributed by atoms with Crippen LogP contribution in [0, 0.1) is 0 Å². The highest BCUT2D eigenvalue weighted by atomic mass is 16.6. The van der Waals surface area contributed by atoms with Crippen LogP contribution in [0.5, 0.6) is 11.5 Å². The number of nitrogens with zero attached hydrogens (tertiary/aromatic N) is 4. The van der Waals surface area contributed by atoms with Crippen molar-refractivity contribution in [2.45, 2.75) is 31.9 Å². The van der Waals surface area contributed by atoms with Crippen LogP contribution in [0.1, 0.15) is 24.8 Å². The van der Waals surface area contributed by atoms with E-state index in [1.807, 2.05) is 12.1 Å². The number of hydrogen-bond acceptors (Lipinski definition) is 4. The van der Waals surface area contributed by atoms with Crippen molar-refractivity contribution in [3.05, 3.63) is 34.2 Å². The Hall–Kier alpha value is -1.91. The maximum absolute atomic E-state index is 8.42. The van der Waals surface area contributed by atoms with Gasteiger partial charge in [0.05, 0.1) is 6.54 Å². The van der Waals surface area contributed by atoms with Gasteiger partial charge >= 0.3 is 0 Å². The quantitative estimate of drug-likeness (QED) is 0.485. The van der Waals surface area contributed by atoms with Gasteiger partial charge in [0.15, 0.2) is 11.5 Å². The molecule has 0 aliphatic carbocycles. The highest BCUT2D eigenvalue weighted by Gasteiger charge is 2.24. The van der Waals surface area contributed by atoms with Gasteiger partial charge in [-0.3, -0.25) is 4.90 Å². The number of piperidine rings is 1. The summed E-state index contributed by atoms with van der Waals surface area (Å²) in [6.45, 7) is 3.91. The van der Waals surface area contributed by atoms with E-state index in [0.717, 1.165) is 36.7 Å². The summed E-state index contributed by atoms with van der Waals surface area (Å²) in [5.74, 6) is 1.61. The molecule has 21 heavy (non-hydrogen) atoms. The maximum Gasteiger partial charge on any atom is 0.166 e. The molecule has 0 amide bonds. The van der Waals surface area contributed by atoms with E-state index in [-0.39, 0.29) is 6.10 Å². The molecule has 112 valence electrons. The zero-order valence-electron chi connectivity index (χ0n) is 12.1. The van der Waals surface area contributed by atoms with Gasteiger partial charge in [0.25, 0.3) is 0 Å². The van der Waals surface area contributed by atoms with E-state index in [1.54, 1.807) is 0 Å². The topological polar surface area (TPSA) is 70.5 Å². The van der Waals surface area contributed by atoms with Gasteiger partial charge < -0.3 is 9.47 Å². The predicted octanol–water partition coefficient (Wildman–Crippen LogP) is 3.12. The lowest BCUT2D eigenvalue weighted by Crippen LogP contribution is -2.33. The molecule has 3 rings (SSSR count). The summed E-state index contributed by atoms with van der Waals surface area (Å²) in [5.41, 5.74) is 9.57. The molecule has 0 radical (unpaired) electrons. The molecule has 0 N–H and O–H groups in total. The van der Waals surface area contributed by atoms with Crippen molar-refractivity contribution in [3.8, 4) is 11.5 Å². The Balaban J connectivity index is 1.74. The molecular formula is C15H20N4O2. The van der Waals surface area contributed by atoms with Gasteiger partial charge in [-0.2, -0.15) is 0 Å². The molecule has 2 aliphatic rings. The Labute approximate surface area is 124 Å². The lowest BCUT2D eigenvalue weighted by Gasteiger charge is -2.30. The van der Waals surface area contributed by atoms with E-state index >= 15 is 0 Å². The van der Waals surface area contributed by atoms with E-state index in [1.165, 1.54) is 19.3 Å². The number of para-hydroxylation sites is 1. The second-order valence-corrected chi connectivity index (χ2v) is 5.55. The predicted molar refractivity (Wildman–Crippen MR) is 79.5 cm³/mol. The molecule has 6 heteroatoms. The zero-order chi connectivity index (χ0) is 14.5. The number of likely N-dealkylation sites (tertiary alicyclic amines) is 1. The lowest BCUT2D eigenvalue weighted by atomic mass is 10.1. The third kappa shape index (κ3) is 3.40. The Bertz CT molecular complexity index is 536. The van der Waals surface area contributed by atoms with Crippen molar-refractivity contribution in [1.82, 2.24) is 4.90 Å². The van der Waals surface area contributed by atoms with E-state index in [9.17, 15) is 0 Å². The summed E-state index contributed by atoms with van der Waals surface area (Å²) in [4.78, 5) is 5.24. The summed E-state index contributed by atoms with van der Waals surface area (Å²) in [5, 5.41) is 3.58. The number of ether oxygens (including phenoxy) is 2. The second kappa shape index (κ2) is 6.70. The smallest absolute Gasteiger partial charge is 0.166 e. The third-order valence-corrected chi connectivity index (χ3v) is 3.96. The van der Waals surface area contributed by atoms with E-state index in [4.69, 9.17) is 15.0 Å². The first-order valence-corrected chi connectivity index (χ1v) is 7.51. The molecule has 2 aliphatic heterocycles. The average Bonchev–Trinajstić information content (AvgIpc) is 2.54. The van der Waals surface area contributed by atoms with Gasteiger partial charge in [-0.25, -0.2) is 0 Å². The minimum absolute atomic E-state index is 0.198. The molecule has 1 saturated heterocycles. The number of azide groups is 1. The van der Waals surface area contributed by atoms with Gasteiger partial charge in [-0.05, 0) is 37.5 Å². The molecule has 0 saturated carbocycles. The Morgan fingerprint density at radius 1 is 1.29 bits per heavy atom. The highest BCUT2D eigenvalue weighted by molar-refractivity contribution is 5.47. The SMILES string of the molecule is [N-]=[N+]=NCC1COc2cccc(CN3CCCCC3)c2O1. The largest absolute Gasteiger partial charge is 0.486 e. The van der Waals surface area contributed by atoms with E-state index in [0.29, 0.717) is 13.2 Å². The lowest BCUT2D eigenvalue weighted by molar-refractivity contribution is 0.0936. The summed E-state index contributed by atoms with van der Waals surface area (Å²) >= 11 is 0. The normalized spacial score (nSPS) is 21.6. The van der Waals surface area contributed by atoms with Gasteiger partial charge in [0.2, 0.25) is 0 Å². The summed E-state index contributed by atoms with van der Waals surface area (Å²) < 4.78 is 11.7. The number of fused-ring (bicyclic) bond motifs is 1. The summed E-state index contributed by atoms with van der Waals surface area (Å²) in [6, 6.07) is 6.03. The molecule has 0 aromatic heterocycles. The van der Waals surface area contributed by atoms with Crippen molar-refractivity contribution in [1.29, 1.82) is 0 Å². The highest BCUT2D eigenvalue weighted by Crippen LogP contribution is 2.36. The average molecular weight is 288 g/mol. The van der Waals surface area contributed by atoms with Crippen molar-refractivity contribution in [2.24, 2.45) is 5.11 Å². The molecule has 1 aromatic carbocycles. The van der Waals surface area contributed by atoms with Gasteiger partial charge in [0.1, 0.15) is 12.7 Å². The number of hydrogen-bond donors (Lipinski definition) is 0. The van der Waals surface area contributed by atoms with Crippen LogP contribution in [0.25, 0.3) is 10.4 Å². The zero-order valence-corrected chi connectivity index (χ0v) is 12.1. The van der Waals surface area contributed by atoms with Crippen LogP contribution < -0.4 is 9.47 Å². The first-order chi connectivity index (χ1) is 10.4. The summed E-state index contributed by atoms with van der Waals surface area (Å²) in [6.07, 6.45) is 3.67. The van der Waals surface area contributed by atoms with Crippen LogP contribution in [0.15, 0.2) is 23.3 Å². The van der Waals surface area contributed by atoms with Crippen molar-refractivity contribution in [3.63, 3.8) is 0 Å². The van der Waals surface area contributed by atoms with Gasteiger partial charge in [0, 0.05) is 17.0 Å². The molecular weight excluding hydrogens is 268 g/mol. The van der Waals surface area contributed by atoms with Gasteiger partial charge in [-0.15, -0.1) is 0 Å². The minimum Gasteiger partial charge on any atom is -0.486 e. The number of rotatable bonds is 4. The molecule has 2 heterocycles. The molecule has 1 atom stereocenters. The monoisotopic (exact) mass is 288 g/mol. The molecule has 6 nitrogen and oxygen atoms in total. The second-order valence-electron chi connectivity index (χ2n) is 5.55. The number of benzene rings is 1. The maximum atomic E-state index is 8.42. The Morgan fingerprint density at radius 2 is 2.14 bits per heavy atom. The Kier molecular flexibility index (Phi) is 4.48. The van der Waals surface area contributed by atoms with E-state index < -0.39 is 0 Å². The van der Waals surface area contributed by atoms with Crippen molar-refractivity contribution < 1.29 is 9.47 Å². The first-order valence-electron chi connectivity index (χ1n) is 7.51. The Morgan fingerprint density at radius 3 is 2.95 bits per heavy atom. The molecule has 1 aromatic rings. The minimum atomic E-state index is -0.198. The van der Waals surface area contributed by atoms with Crippen LogP contribution >= 0.6 is 0 Å². The van der Waals surface area contributed by atoms with E-state index in [2.05, 4.69) is 21.0 Å². The van der Waals surface area contributed by atoms with Crippen molar-refractivity contribution >= 4 is 0 Å². The van der Waals surface area contributed by atoms with Crippen LogP contribution in [0.4, 0.5) is 0 Å². The van der Waals surface area contributed by atoms with Crippen molar-refractivity contribution in [2.75, 3.05) is 26.2 Å².